The highest BCUT2D eigenvalue weighted by Gasteiger charge is 2.12. The maximum absolute atomic E-state index is 6.39. The molecule has 0 aliphatic rings. The molecular weight excluding hydrogens is 392 g/mol. The molecule has 0 N–H and O–H groups in total. The molecule has 0 fully saturated rings. The lowest BCUT2D eigenvalue weighted by molar-refractivity contribution is 0.302. The van der Waals surface area contributed by atoms with Gasteiger partial charge >= 0.3 is 0 Å². The topological polar surface area (TPSA) is 27.1 Å². The molecule has 0 amide bonds. The van der Waals surface area contributed by atoms with E-state index < -0.39 is 0 Å². The molecule has 3 aromatic carbocycles. The van der Waals surface area contributed by atoms with Gasteiger partial charge in [0.2, 0.25) is 0 Å². The third-order valence-electron chi connectivity index (χ3n) is 5.38. The zero-order chi connectivity index (χ0) is 20.9. The second-order valence-electron chi connectivity index (χ2n) is 7.86. The molecule has 0 bridgehead atoms. The Labute approximate surface area is 183 Å². The van der Waals surface area contributed by atoms with Gasteiger partial charge in [-0.1, -0.05) is 67.9 Å². The van der Waals surface area contributed by atoms with E-state index >= 15 is 0 Å². The number of imidazole rings is 1. The van der Waals surface area contributed by atoms with E-state index in [1.807, 2.05) is 24.3 Å². The number of rotatable bonds is 8. The van der Waals surface area contributed by atoms with E-state index in [0.717, 1.165) is 46.2 Å². The van der Waals surface area contributed by atoms with E-state index in [0.29, 0.717) is 18.9 Å². The Morgan fingerprint density at radius 2 is 1.67 bits per heavy atom. The first-order valence-electron chi connectivity index (χ1n) is 10.5. The number of hydrogen-bond donors (Lipinski definition) is 0. The summed E-state index contributed by atoms with van der Waals surface area (Å²) in [5.74, 6) is 2.49. The second-order valence-corrected chi connectivity index (χ2v) is 8.27. The summed E-state index contributed by atoms with van der Waals surface area (Å²) in [6.45, 7) is 5.92. The van der Waals surface area contributed by atoms with Crippen molar-refractivity contribution in [2.45, 2.75) is 39.2 Å². The number of aromatic nitrogens is 2. The predicted octanol–water partition coefficient (Wildman–Crippen LogP) is 6.87. The Balaban J connectivity index is 1.45. The van der Waals surface area contributed by atoms with Crippen molar-refractivity contribution in [2.24, 2.45) is 0 Å². The van der Waals surface area contributed by atoms with E-state index in [4.69, 9.17) is 21.3 Å². The van der Waals surface area contributed by atoms with Gasteiger partial charge in [-0.2, -0.15) is 0 Å². The Bertz CT molecular complexity index is 1120. The summed E-state index contributed by atoms with van der Waals surface area (Å²) in [6.07, 6.45) is 1.62. The van der Waals surface area contributed by atoms with Gasteiger partial charge in [-0.15, -0.1) is 0 Å². The van der Waals surface area contributed by atoms with Crippen molar-refractivity contribution in [3.05, 3.63) is 94.8 Å². The molecule has 4 heteroatoms. The van der Waals surface area contributed by atoms with Gasteiger partial charge in [-0.3, -0.25) is 0 Å². The first kappa shape index (κ1) is 20.5. The van der Waals surface area contributed by atoms with Crippen LogP contribution >= 0.6 is 11.6 Å². The van der Waals surface area contributed by atoms with Crippen LogP contribution in [0.5, 0.6) is 5.75 Å². The number of benzene rings is 3. The van der Waals surface area contributed by atoms with Crippen LogP contribution in [0.2, 0.25) is 5.02 Å². The van der Waals surface area contributed by atoms with Crippen molar-refractivity contribution >= 4 is 22.6 Å². The van der Waals surface area contributed by atoms with E-state index in [2.05, 4.69) is 66.9 Å². The normalized spacial score (nSPS) is 11.3. The van der Waals surface area contributed by atoms with Crippen LogP contribution in [0.1, 0.15) is 43.1 Å². The molecule has 0 aliphatic heterocycles. The summed E-state index contributed by atoms with van der Waals surface area (Å²) < 4.78 is 8.27. The minimum absolute atomic E-state index is 0.533. The summed E-state index contributed by atoms with van der Waals surface area (Å²) >= 11 is 6.39. The Morgan fingerprint density at radius 3 is 2.43 bits per heavy atom. The average Bonchev–Trinajstić information content (AvgIpc) is 3.10. The second kappa shape index (κ2) is 9.36. The smallest absolute Gasteiger partial charge is 0.119 e. The molecule has 3 nitrogen and oxygen atoms in total. The summed E-state index contributed by atoms with van der Waals surface area (Å²) in [5, 5.41) is 0.782. The van der Waals surface area contributed by atoms with Crippen molar-refractivity contribution in [3.63, 3.8) is 0 Å². The van der Waals surface area contributed by atoms with Gasteiger partial charge in [0.25, 0.3) is 0 Å². The Morgan fingerprint density at radius 1 is 0.933 bits per heavy atom. The first-order chi connectivity index (χ1) is 14.6. The Kier molecular flexibility index (Phi) is 6.39. The van der Waals surface area contributed by atoms with Crippen molar-refractivity contribution in [3.8, 4) is 5.75 Å². The number of aryl methyl sites for hydroxylation is 1. The lowest BCUT2D eigenvalue weighted by atomic mass is 10.0. The fraction of sp³-hybridized carbons (Fsp3) is 0.269. The van der Waals surface area contributed by atoms with Crippen LogP contribution in [-0.2, 0) is 13.0 Å². The largest absolute Gasteiger partial charge is 0.494 e. The molecular formula is C26H27ClN2O. The SMILES string of the molecule is CC(C)c1ccc(OCCCn2c(Cc3ccccc3Cl)nc3ccccc32)cc1. The van der Waals surface area contributed by atoms with E-state index in [9.17, 15) is 0 Å². The van der Waals surface area contributed by atoms with Crippen molar-refractivity contribution in [2.75, 3.05) is 6.61 Å². The maximum atomic E-state index is 6.39. The molecule has 0 saturated carbocycles. The molecule has 1 aromatic heterocycles. The summed E-state index contributed by atoms with van der Waals surface area (Å²) in [5.41, 5.74) is 4.60. The quantitative estimate of drug-likeness (QED) is 0.292. The summed E-state index contributed by atoms with van der Waals surface area (Å²) in [6, 6.07) is 24.7. The summed E-state index contributed by atoms with van der Waals surface area (Å²) in [7, 11) is 0. The highest BCUT2D eigenvalue weighted by molar-refractivity contribution is 6.31. The highest BCUT2D eigenvalue weighted by Crippen LogP contribution is 2.23. The van der Waals surface area contributed by atoms with Gasteiger partial charge in [0, 0.05) is 18.0 Å². The van der Waals surface area contributed by atoms with Gasteiger partial charge < -0.3 is 9.30 Å². The van der Waals surface area contributed by atoms with Gasteiger partial charge in [0.05, 0.1) is 17.6 Å². The first-order valence-corrected chi connectivity index (χ1v) is 10.9. The molecule has 0 saturated heterocycles. The third kappa shape index (κ3) is 4.68. The molecule has 0 radical (unpaired) electrons. The van der Waals surface area contributed by atoms with E-state index in [1.165, 1.54) is 5.56 Å². The number of ether oxygens (including phenoxy) is 1. The van der Waals surface area contributed by atoms with Crippen molar-refractivity contribution in [1.29, 1.82) is 0 Å². The number of fused-ring (bicyclic) bond motifs is 1. The predicted molar refractivity (Wildman–Crippen MR) is 125 cm³/mol. The zero-order valence-electron chi connectivity index (χ0n) is 17.5. The van der Waals surface area contributed by atoms with Crippen molar-refractivity contribution in [1.82, 2.24) is 9.55 Å². The van der Waals surface area contributed by atoms with Crippen LogP contribution in [0, 0.1) is 0 Å². The lowest BCUT2D eigenvalue weighted by Crippen LogP contribution is -2.08. The van der Waals surface area contributed by atoms with Crippen molar-refractivity contribution < 1.29 is 4.74 Å². The molecule has 0 unspecified atom stereocenters. The van der Waals surface area contributed by atoms with Crippen LogP contribution < -0.4 is 4.74 Å². The number of halogens is 1. The van der Waals surface area contributed by atoms with Crippen LogP contribution in [0.4, 0.5) is 0 Å². The fourth-order valence-electron chi connectivity index (χ4n) is 3.68. The number of nitrogens with zero attached hydrogens (tertiary/aromatic N) is 2. The molecule has 0 atom stereocenters. The third-order valence-corrected chi connectivity index (χ3v) is 5.75. The number of para-hydroxylation sites is 2. The molecule has 4 rings (SSSR count). The monoisotopic (exact) mass is 418 g/mol. The molecule has 30 heavy (non-hydrogen) atoms. The minimum Gasteiger partial charge on any atom is -0.494 e. The van der Waals surface area contributed by atoms with Crippen LogP contribution in [0.3, 0.4) is 0 Å². The van der Waals surface area contributed by atoms with Crippen LogP contribution in [0.25, 0.3) is 11.0 Å². The molecule has 0 spiro atoms. The van der Waals surface area contributed by atoms with Crippen LogP contribution in [0.15, 0.2) is 72.8 Å². The van der Waals surface area contributed by atoms with E-state index in [-0.39, 0.29) is 0 Å². The standard InChI is InChI=1S/C26H27ClN2O/c1-19(2)20-12-14-22(15-13-20)30-17-7-16-29-25-11-6-5-10-24(25)28-26(29)18-21-8-3-4-9-23(21)27/h3-6,8-15,19H,7,16-18H2,1-2H3. The maximum Gasteiger partial charge on any atom is 0.119 e. The Hall–Kier alpha value is -2.78. The van der Waals surface area contributed by atoms with E-state index in [1.54, 1.807) is 0 Å². The highest BCUT2D eigenvalue weighted by atomic mass is 35.5. The lowest BCUT2D eigenvalue weighted by Gasteiger charge is -2.12. The minimum atomic E-state index is 0.533. The van der Waals surface area contributed by atoms with Gasteiger partial charge in [0.1, 0.15) is 11.6 Å². The molecule has 4 aromatic rings. The van der Waals surface area contributed by atoms with Gasteiger partial charge in [0.15, 0.2) is 0 Å². The zero-order valence-corrected chi connectivity index (χ0v) is 18.3. The number of hydrogen-bond acceptors (Lipinski definition) is 2. The van der Waals surface area contributed by atoms with Gasteiger partial charge in [-0.25, -0.2) is 4.98 Å². The van der Waals surface area contributed by atoms with Gasteiger partial charge in [-0.05, 0) is 53.8 Å². The molecule has 0 aliphatic carbocycles. The fourth-order valence-corrected chi connectivity index (χ4v) is 3.89. The van der Waals surface area contributed by atoms with Crippen LogP contribution in [-0.4, -0.2) is 16.2 Å². The molecule has 154 valence electrons. The summed E-state index contributed by atoms with van der Waals surface area (Å²) in [4.78, 5) is 4.88. The average molecular weight is 419 g/mol. The molecule has 1 heterocycles.